The van der Waals surface area contributed by atoms with E-state index < -0.39 is 5.25 Å². The second-order valence-electron chi connectivity index (χ2n) is 3.38. The van der Waals surface area contributed by atoms with E-state index in [1.165, 1.54) is 11.8 Å². The van der Waals surface area contributed by atoms with Crippen molar-refractivity contribution >= 4 is 23.6 Å². The minimum atomic E-state index is -0.416. The Balaban J connectivity index is 2.12. The van der Waals surface area contributed by atoms with E-state index in [9.17, 15) is 9.59 Å². The number of amides is 2. The molecule has 1 aliphatic heterocycles. The maximum absolute atomic E-state index is 11.3. The van der Waals surface area contributed by atoms with Crippen LogP contribution in [0.4, 0.5) is 0 Å². The van der Waals surface area contributed by atoms with Gasteiger partial charge in [0.2, 0.25) is 11.8 Å². The number of carbonyl (C=O) groups is 2. The summed E-state index contributed by atoms with van der Waals surface area (Å²) in [5, 5.41) is 10.2. The van der Waals surface area contributed by atoms with Crippen LogP contribution in [-0.2, 0) is 23.2 Å². The zero-order chi connectivity index (χ0) is 11.7. The number of thioether (sulfide) groups is 1. The van der Waals surface area contributed by atoms with Gasteiger partial charge in [-0.15, -0.1) is 10.2 Å². The van der Waals surface area contributed by atoms with E-state index in [1.807, 2.05) is 0 Å². The van der Waals surface area contributed by atoms with E-state index in [4.69, 9.17) is 5.73 Å². The highest BCUT2D eigenvalue weighted by Crippen LogP contribution is 2.26. The molecule has 0 aromatic carbocycles. The average Bonchev–Trinajstić information content (AvgIpc) is 2.73. The molecule has 16 heavy (non-hydrogen) atoms. The standard InChI is InChI=1S/C8H11N5O2S/c1-13-5(3-9)11-12-8(13)16-4-2-6(14)10-7(4)15/h4H,2-3,9H2,1H3,(H,10,14,15). The highest BCUT2D eigenvalue weighted by atomic mass is 32.2. The third-order valence-electron chi connectivity index (χ3n) is 2.28. The van der Waals surface area contributed by atoms with Crippen LogP contribution in [0.3, 0.4) is 0 Å². The lowest BCUT2D eigenvalue weighted by Gasteiger charge is -2.05. The van der Waals surface area contributed by atoms with E-state index in [2.05, 4.69) is 15.5 Å². The maximum Gasteiger partial charge on any atom is 0.240 e. The first kappa shape index (κ1) is 11.1. The third kappa shape index (κ3) is 1.93. The van der Waals surface area contributed by atoms with Gasteiger partial charge >= 0.3 is 0 Å². The Hall–Kier alpha value is -1.41. The molecule has 1 unspecified atom stereocenters. The van der Waals surface area contributed by atoms with Gasteiger partial charge in [0.05, 0.1) is 6.54 Å². The van der Waals surface area contributed by atoms with Gasteiger partial charge in [0.15, 0.2) is 5.16 Å². The number of hydrogen-bond donors (Lipinski definition) is 2. The minimum absolute atomic E-state index is 0.189. The highest BCUT2D eigenvalue weighted by molar-refractivity contribution is 8.00. The number of nitrogens with two attached hydrogens (primary N) is 1. The SMILES string of the molecule is Cn1c(CN)nnc1SC1CC(=O)NC1=O. The van der Waals surface area contributed by atoms with Crippen molar-refractivity contribution < 1.29 is 9.59 Å². The number of hydrogen-bond acceptors (Lipinski definition) is 6. The quantitative estimate of drug-likeness (QED) is 0.643. The number of aromatic nitrogens is 3. The summed E-state index contributed by atoms with van der Waals surface area (Å²) < 4.78 is 1.72. The molecular formula is C8H11N5O2S. The predicted octanol–water partition coefficient (Wildman–Crippen LogP) is -1.22. The summed E-state index contributed by atoms with van der Waals surface area (Å²) in [7, 11) is 1.78. The van der Waals surface area contributed by atoms with Gasteiger partial charge in [0.1, 0.15) is 11.1 Å². The zero-order valence-electron chi connectivity index (χ0n) is 8.64. The molecule has 86 valence electrons. The van der Waals surface area contributed by atoms with Crippen LogP contribution >= 0.6 is 11.8 Å². The van der Waals surface area contributed by atoms with Gasteiger partial charge in [-0.1, -0.05) is 11.8 Å². The van der Waals surface area contributed by atoms with Crippen LogP contribution in [0.5, 0.6) is 0 Å². The van der Waals surface area contributed by atoms with Crippen LogP contribution in [0.15, 0.2) is 5.16 Å². The number of rotatable bonds is 3. The van der Waals surface area contributed by atoms with Crippen LogP contribution < -0.4 is 11.1 Å². The van der Waals surface area contributed by atoms with Crippen LogP contribution in [0, 0.1) is 0 Å². The average molecular weight is 241 g/mol. The Bertz CT molecular complexity index is 444. The molecule has 0 saturated carbocycles. The van der Waals surface area contributed by atoms with Crippen LogP contribution in [-0.4, -0.2) is 31.8 Å². The Kier molecular flexibility index (Phi) is 2.92. The molecule has 2 amide bonds. The number of nitrogens with zero attached hydrogens (tertiary/aromatic N) is 3. The van der Waals surface area contributed by atoms with Crippen molar-refractivity contribution in [3.63, 3.8) is 0 Å². The van der Waals surface area contributed by atoms with Crippen LogP contribution in [0.25, 0.3) is 0 Å². The summed E-state index contributed by atoms with van der Waals surface area (Å²) in [6.45, 7) is 0.292. The minimum Gasteiger partial charge on any atom is -0.324 e. The van der Waals surface area contributed by atoms with E-state index >= 15 is 0 Å². The van der Waals surface area contributed by atoms with Crippen LogP contribution in [0.1, 0.15) is 12.2 Å². The second-order valence-corrected chi connectivity index (χ2v) is 4.55. The van der Waals surface area contributed by atoms with Crippen molar-refractivity contribution in [2.75, 3.05) is 0 Å². The predicted molar refractivity (Wildman–Crippen MR) is 56.3 cm³/mol. The molecule has 1 fully saturated rings. The summed E-state index contributed by atoms with van der Waals surface area (Å²) in [6, 6.07) is 0. The summed E-state index contributed by atoms with van der Waals surface area (Å²) in [4.78, 5) is 22.3. The summed E-state index contributed by atoms with van der Waals surface area (Å²) >= 11 is 1.23. The van der Waals surface area contributed by atoms with Gasteiger partial charge in [-0.05, 0) is 0 Å². The molecule has 0 bridgehead atoms. The third-order valence-corrected chi connectivity index (χ3v) is 3.51. The van der Waals surface area contributed by atoms with E-state index in [1.54, 1.807) is 11.6 Å². The van der Waals surface area contributed by atoms with E-state index in [-0.39, 0.29) is 18.2 Å². The lowest BCUT2D eigenvalue weighted by Crippen LogP contribution is -2.23. The monoisotopic (exact) mass is 241 g/mol. The van der Waals surface area contributed by atoms with E-state index in [0.29, 0.717) is 17.5 Å². The molecule has 2 heterocycles. The van der Waals surface area contributed by atoms with Gasteiger partial charge in [0, 0.05) is 13.5 Å². The maximum atomic E-state index is 11.3. The zero-order valence-corrected chi connectivity index (χ0v) is 9.45. The Labute approximate surface area is 95.8 Å². The first-order chi connectivity index (χ1) is 7.61. The molecule has 2 rings (SSSR count). The van der Waals surface area contributed by atoms with Gasteiger partial charge in [-0.25, -0.2) is 0 Å². The van der Waals surface area contributed by atoms with Crippen LogP contribution in [0.2, 0.25) is 0 Å². The molecule has 7 nitrogen and oxygen atoms in total. The first-order valence-electron chi connectivity index (χ1n) is 4.70. The van der Waals surface area contributed by atoms with Crippen molar-refractivity contribution in [3.05, 3.63) is 5.82 Å². The van der Waals surface area contributed by atoms with Gasteiger partial charge < -0.3 is 10.3 Å². The van der Waals surface area contributed by atoms with Crippen molar-refractivity contribution in [2.45, 2.75) is 23.4 Å². The molecule has 3 N–H and O–H groups in total. The molecule has 0 aliphatic carbocycles. The fraction of sp³-hybridized carbons (Fsp3) is 0.500. The molecule has 1 aromatic rings. The number of imide groups is 1. The first-order valence-corrected chi connectivity index (χ1v) is 5.58. The number of nitrogens with one attached hydrogen (secondary N) is 1. The Morgan fingerprint density at radius 2 is 2.31 bits per heavy atom. The smallest absolute Gasteiger partial charge is 0.240 e. The van der Waals surface area contributed by atoms with Crippen molar-refractivity contribution in [2.24, 2.45) is 12.8 Å². The molecule has 0 spiro atoms. The van der Waals surface area contributed by atoms with Gasteiger partial charge in [-0.2, -0.15) is 0 Å². The molecule has 1 atom stereocenters. The summed E-state index contributed by atoms with van der Waals surface area (Å²) in [6.07, 6.45) is 0.189. The van der Waals surface area contributed by atoms with E-state index in [0.717, 1.165) is 0 Å². The van der Waals surface area contributed by atoms with Crippen molar-refractivity contribution in [1.82, 2.24) is 20.1 Å². The molecule has 8 heteroatoms. The van der Waals surface area contributed by atoms with Gasteiger partial charge in [0.25, 0.3) is 0 Å². The molecule has 1 saturated heterocycles. The molecule has 1 aromatic heterocycles. The fourth-order valence-corrected chi connectivity index (χ4v) is 2.38. The molecule has 1 aliphatic rings. The second kappa shape index (κ2) is 4.22. The Morgan fingerprint density at radius 1 is 1.56 bits per heavy atom. The highest BCUT2D eigenvalue weighted by Gasteiger charge is 2.32. The fourth-order valence-electron chi connectivity index (χ4n) is 1.38. The lowest BCUT2D eigenvalue weighted by molar-refractivity contribution is -0.124. The lowest BCUT2D eigenvalue weighted by atomic mass is 10.4. The van der Waals surface area contributed by atoms with Crippen molar-refractivity contribution in [3.8, 4) is 0 Å². The summed E-state index contributed by atoms with van der Waals surface area (Å²) in [5.74, 6) is 0.128. The Morgan fingerprint density at radius 3 is 2.81 bits per heavy atom. The van der Waals surface area contributed by atoms with Crippen molar-refractivity contribution in [1.29, 1.82) is 0 Å². The molecule has 0 radical (unpaired) electrons. The topological polar surface area (TPSA) is 103 Å². The normalized spacial score (nSPS) is 20.2. The molecular weight excluding hydrogens is 230 g/mol. The number of carbonyl (C=O) groups excluding carboxylic acids is 2. The van der Waals surface area contributed by atoms with Gasteiger partial charge in [-0.3, -0.25) is 14.9 Å². The summed E-state index contributed by atoms with van der Waals surface area (Å²) in [5.41, 5.74) is 5.46. The largest absolute Gasteiger partial charge is 0.324 e.